The molecule has 2 aromatic rings. The number of carbonyl (C=O) groups is 3. The Labute approximate surface area is 186 Å². The molecule has 0 aromatic heterocycles. The summed E-state index contributed by atoms with van der Waals surface area (Å²) in [6.07, 6.45) is 1.61. The van der Waals surface area contributed by atoms with E-state index in [1.54, 1.807) is 18.2 Å². The van der Waals surface area contributed by atoms with E-state index in [1.165, 1.54) is 12.1 Å². The number of nitrogens with one attached hydrogen (secondary N) is 2. The highest BCUT2D eigenvalue weighted by Gasteiger charge is 2.78. The van der Waals surface area contributed by atoms with Crippen molar-refractivity contribution in [3.8, 4) is 0 Å². The highest BCUT2D eigenvalue weighted by Crippen LogP contribution is 2.52. The number of nitrogens with zero attached hydrogens (tertiary/aromatic N) is 1. The molecule has 9 heteroatoms. The van der Waals surface area contributed by atoms with Gasteiger partial charge in [-0.3, -0.25) is 14.4 Å². The molecular weight excluding hydrogens is 444 g/mol. The fourth-order valence-corrected chi connectivity index (χ4v) is 6.66. The molecule has 3 fully saturated rings. The summed E-state index contributed by atoms with van der Waals surface area (Å²) in [5.41, 5.74) is 0.295. The van der Waals surface area contributed by atoms with Crippen LogP contribution in [0.25, 0.3) is 0 Å². The Morgan fingerprint density at radius 2 is 1.90 bits per heavy atom. The minimum Gasteiger partial charge on any atom is -0.320 e. The predicted molar refractivity (Wildman–Crippen MR) is 111 cm³/mol. The molecule has 1 spiro atoms. The van der Waals surface area contributed by atoms with Crippen LogP contribution in [0.1, 0.15) is 18.4 Å². The Hall–Kier alpha value is -2.48. The molecule has 31 heavy (non-hydrogen) atoms. The fraction of sp³-hybridized carbons (Fsp3) is 0.318. The molecular formula is C22H17Cl2FN3O3+. The molecule has 0 aliphatic carbocycles. The van der Waals surface area contributed by atoms with Crippen LogP contribution >= 0.6 is 23.2 Å². The number of rotatable bonds is 1. The molecule has 1 unspecified atom stereocenters. The quantitative estimate of drug-likeness (QED) is 0.640. The molecule has 4 heterocycles. The average molecular weight is 461 g/mol. The summed E-state index contributed by atoms with van der Waals surface area (Å²) < 4.78 is 13.7. The molecule has 158 valence electrons. The van der Waals surface area contributed by atoms with E-state index in [0.29, 0.717) is 22.8 Å². The van der Waals surface area contributed by atoms with Crippen molar-refractivity contribution in [3.63, 3.8) is 0 Å². The van der Waals surface area contributed by atoms with Crippen LogP contribution < -0.4 is 15.1 Å². The third kappa shape index (κ3) is 2.24. The number of fused-ring (bicyclic) bond motifs is 7. The van der Waals surface area contributed by atoms with E-state index in [-0.39, 0.29) is 28.6 Å². The molecule has 3 saturated heterocycles. The predicted octanol–water partition coefficient (Wildman–Crippen LogP) is 2.15. The lowest BCUT2D eigenvalue weighted by atomic mass is 9.75. The zero-order chi connectivity index (χ0) is 21.7. The summed E-state index contributed by atoms with van der Waals surface area (Å²) in [6, 6.07) is 8.78. The monoisotopic (exact) mass is 460 g/mol. The van der Waals surface area contributed by atoms with Crippen LogP contribution in [-0.4, -0.2) is 30.3 Å². The molecule has 0 bridgehead atoms. The Morgan fingerprint density at radius 3 is 2.68 bits per heavy atom. The first-order valence-electron chi connectivity index (χ1n) is 10.2. The van der Waals surface area contributed by atoms with Gasteiger partial charge in [-0.25, -0.2) is 9.29 Å². The number of amides is 3. The number of hydrogen-bond donors (Lipinski definition) is 2. The second-order valence-electron chi connectivity index (χ2n) is 8.59. The van der Waals surface area contributed by atoms with E-state index in [1.807, 2.05) is 0 Å². The Morgan fingerprint density at radius 1 is 1.10 bits per heavy atom. The van der Waals surface area contributed by atoms with Gasteiger partial charge in [0, 0.05) is 23.4 Å². The Kier molecular flexibility index (Phi) is 3.89. The van der Waals surface area contributed by atoms with E-state index in [4.69, 9.17) is 23.2 Å². The second kappa shape index (κ2) is 6.28. The summed E-state index contributed by atoms with van der Waals surface area (Å²) in [5.74, 6) is -3.22. The van der Waals surface area contributed by atoms with Crippen LogP contribution in [0.4, 0.5) is 15.8 Å². The number of quaternary nitrogens is 1. The van der Waals surface area contributed by atoms with Crippen LogP contribution in [0.5, 0.6) is 0 Å². The largest absolute Gasteiger partial charge is 0.320 e. The maximum Gasteiger partial charge on any atom is 0.291 e. The molecule has 5 atom stereocenters. The minimum atomic E-state index is -1.21. The molecule has 4 aliphatic rings. The highest BCUT2D eigenvalue weighted by molar-refractivity contribution is 6.32. The first-order valence-corrected chi connectivity index (χ1v) is 10.9. The van der Waals surface area contributed by atoms with Crippen molar-refractivity contribution in [1.82, 2.24) is 0 Å². The van der Waals surface area contributed by atoms with E-state index in [2.05, 4.69) is 5.32 Å². The van der Waals surface area contributed by atoms with Gasteiger partial charge in [0.2, 0.25) is 17.4 Å². The van der Waals surface area contributed by atoms with Crippen LogP contribution in [0.2, 0.25) is 10.0 Å². The van der Waals surface area contributed by atoms with E-state index >= 15 is 0 Å². The molecule has 4 aliphatic heterocycles. The number of halogens is 3. The normalized spacial score (nSPS) is 33.1. The van der Waals surface area contributed by atoms with Gasteiger partial charge in [0.05, 0.1) is 22.9 Å². The lowest BCUT2D eigenvalue weighted by molar-refractivity contribution is -0.948. The van der Waals surface area contributed by atoms with Gasteiger partial charge in [-0.05, 0) is 36.4 Å². The van der Waals surface area contributed by atoms with Gasteiger partial charge in [0.15, 0.2) is 0 Å². The maximum atomic E-state index is 13.8. The topological polar surface area (TPSA) is 70.9 Å². The first kappa shape index (κ1) is 19.2. The number of carbonyl (C=O) groups excluding carboxylic acids is 3. The van der Waals surface area contributed by atoms with Crippen molar-refractivity contribution in [2.45, 2.75) is 24.4 Å². The lowest BCUT2D eigenvalue weighted by Crippen LogP contribution is -3.19. The van der Waals surface area contributed by atoms with E-state index in [9.17, 15) is 18.8 Å². The lowest BCUT2D eigenvalue weighted by Gasteiger charge is -2.33. The van der Waals surface area contributed by atoms with Crippen molar-refractivity contribution in [2.75, 3.05) is 16.8 Å². The fourth-order valence-electron chi connectivity index (χ4n) is 6.31. The molecule has 2 N–H and O–H groups in total. The molecule has 0 radical (unpaired) electrons. The van der Waals surface area contributed by atoms with Crippen molar-refractivity contribution >= 4 is 52.3 Å². The number of hydrogen-bond acceptors (Lipinski definition) is 3. The summed E-state index contributed by atoms with van der Waals surface area (Å²) in [4.78, 5) is 42.9. The van der Waals surface area contributed by atoms with Gasteiger partial charge in [-0.2, -0.15) is 0 Å². The number of imide groups is 1. The minimum absolute atomic E-state index is 0.155. The molecule has 6 rings (SSSR count). The Bertz CT molecular complexity index is 1200. The van der Waals surface area contributed by atoms with Gasteiger partial charge in [0.1, 0.15) is 23.7 Å². The molecule has 6 nitrogen and oxygen atoms in total. The van der Waals surface area contributed by atoms with Crippen molar-refractivity contribution < 1.29 is 23.7 Å². The first-order chi connectivity index (χ1) is 14.9. The van der Waals surface area contributed by atoms with Crippen LogP contribution in [0.15, 0.2) is 36.4 Å². The van der Waals surface area contributed by atoms with Crippen molar-refractivity contribution in [3.05, 3.63) is 57.8 Å². The van der Waals surface area contributed by atoms with Gasteiger partial charge in [-0.15, -0.1) is 0 Å². The average Bonchev–Trinajstić information content (AvgIpc) is 3.43. The third-order valence-corrected chi connectivity index (χ3v) is 7.87. The van der Waals surface area contributed by atoms with Gasteiger partial charge in [-0.1, -0.05) is 23.2 Å². The van der Waals surface area contributed by atoms with E-state index in [0.717, 1.165) is 28.7 Å². The van der Waals surface area contributed by atoms with Gasteiger partial charge < -0.3 is 10.2 Å². The zero-order valence-electron chi connectivity index (χ0n) is 16.1. The Balaban J connectivity index is 1.56. The summed E-state index contributed by atoms with van der Waals surface area (Å²) in [7, 11) is 0. The molecule has 0 saturated carbocycles. The number of anilines is 2. The van der Waals surface area contributed by atoms with Gasteiger partial charge in [0.25, 0.3) is 5.91 Å². The smallest absolute Gasteiger partial charge is 0.291 e. The summed E-state index contributed by atoms with van der Waals surface area (Å²) in [5, 5.41) is 3.21. The summed E-state index contributed by atoms with van der Waals surface area (Å²) >= 11 is 12.2. The number of benzene rings is 2. The maximum absolute atomic E-state index is 13.8. The second-order valence-corrected chi connectivity index (χ2v) is 9.43. The van der Waals surface area contributed by atoms with Crippen LogP contribution in [0, 0.1) is 17.7 Å². The van der Waals surface area contributed by atoms with Crippen molar-refractivity contribution in [2.24, 2.45) is 11.8 Å². The summed E-state index contributed by atoms with van der Waals surface area (Å²) in [6.45, 7) is 0.694. The van der Waals surface area contributed by atoms with E-state index < -0.39 is 29.1 Å². The van der Waals surface area contributed by atoms with Crippen LogP contribution in [-0.2, 0) is 19.9 Å². The third-order valence-electron chi connectivity index (χ3n) is 7.34. The molecule has 3 amide bonds. The SMILES string of the molecule is O=C1[C@H]2[C@H]3CCC[NH+]3[C@@]3(C(=O)Nc4ccc(Cl)cc43)[C@@H]2C(=O)N1c1ccc(F)c(Cl)c1. The van der Waals surface area contributed by atoms with Gasteiger partial charge >= 0.3 is 0 Å². The van der Waals surface area contributed by atoms with Crippen LogP contribution in [0.3, 0.4) is 0 Å². The standard InChI is InChI=1S/C22H16Cl2FN3O3/c23-10-3-6-15-12(8-10)22(21(31)26-15)18-17(16-2-1-7-27(16)22)19(29)28(20(18)30)11-4-5-14(25)13(24)9-11/h3-6,8-9,16-18H,1-2,7H2,(H,26,31)/p+1/t16-,17+,18+,22-/m1/s1. The zero-order valence-corrected chi connectivity index (χ0v) is 17.6. The van der Waals surface area contributed by atoms with Crippen molar-refractivity contribution in [1.29, 1.82) is 0 Å². The highest BCUT2D eigenvalue weighted by atomic mass is 35.5. The molecule has 2 aromatic carbocycles.